The number of esters is 1. The lowest BCUT2D eigenvalue weighted by atomic mass is 9.82. The predicted octanol–water partition coefficient (Wildman–Crippen LogP) is 3.50. The maximum Gasteiger partial charge on any atom is 0.319 e. The number of rotatable bonds is 7. The fourth-order valence-electron chi connectivity index (χ4n) is 4.08. The summed E-state index contributed by atoms with van der Waals surface area (Å²) in [5.74, 6) is 1.45. The molecule has 4 rings (SSSR count). The van der Waals surface area contributed by atoms with Gasteiger partial charge in [-0.25, -0.2) is 15.0 Å². The molecule has 1 fully saturated rings. The molecule has 2 heterocycles. The van der Waals surface area contributed by atoms with E-state index in [4.69, 9.17) is 14.2 Å². The van der Waals surface area contributed by atoms with Crippen molar-refractivity contribution in [3.8, 4) is 23.0 Å². The molecule has 0 saturated heterocycles. The Labute approximate surface area is 186 Å². The van der Waals surface area contributed by atoms with E-state index < -0.39 is 0 Å². The molecule has 1 aliphatic rings. The molecule has 1 aliphatic carbocycles. The predicted molar refractivity (Wildman–Crippen MR) is 120 cm³/mol. The Morgan fingerprint density at radius 1 is 1.03 bits per heavy atom. The number of benzene rings is 1. The maximum absolute atomic E-state index is 11.7. The highest BCUT2D eigenvalue weighted by Crippen LogP contribution is 2.31. The van der Waals surface area contributed by atoms with Gasteiger partial charge in [-0.1, -0.05) is 12.1 Å². The summed E-state index contributed by atoms with van der Waals surface area (Å²) in [4.78, 5) is 29.3. The third-order valence-electron chi connectivity index (χ3n) is 5.93. The molecule has 3 aromatic rings. The standard InChI is InChI=1S/C23H27N5O4/c1-30-20-18(13-26-23(28-20)32-3)16-8-9-17-12-25-22(27-19(17)10-16)24-11-14-4-6-15(7-5-14)21(29)31-2/h8-10,12-15H,4-7,11H2,1-3H3,(H,24,25,27). The van der Waals surface area contributed by atoms with E-state index >= 15 is 0 Å². The second-order valence-corrected chi connectivity index (χ2v) is 7.87. The monoisotopic (exact) mass is 437 g/mol. The van der Waals surface area contributed by atoms with Gasteiger partial charge in [-0.2, -0.15) is 4.98 Å². The van der Waals surface area contributed by atoms with Crippen molar-refractivity contribution in [3.05, 3.63) is 30.6 Å². The Bertz CT molecular complexity index is 1100. The van der Waals surface area contributed by atoms with E-state index in [0.29, 0.717) is 17.7 Å². The van der Waals surface area contributed by atoms with Crippen molar-refractivity contribution in [2.24, 2.45) is 11.8 Å². The summed E-state index contributed by atoms with van der Waals surface area (Å²) in [7, 11) is 4.53. The van der Waals surface area contributed by atoms with Gasteiger partial charge in [0.05, 0.1) is 38.3 Å². The summed E-state index contributed by atoms with van der Waals surface area (Å²) in [5.41, 5.74) is 2.46. The van der Waals surface area contributed by atoms with Crippen LogP contribution in [-0.2, 0) is 9.53 Å². The molecule has 1 N–H and O–H groups in total. The van der Waals surface area contributed by atoms with E-state index in [-0.39, 0.29) is 17.9 Å². The van der Waals surface area contributed by atoms with Crippen LogP contribution in [0.5, 0.6) is 11.9 Å². The number of hydrogen-bond acceptors (Lipinski definition) is 9. The van der Waals surface area contributed by atoms with Crippen LogP contribution in [-0.4, -0.2) is 53.8 Å². The lowest BCUT2D eigenvalue weighted by Gasteiger charge is -2.26. The smallest absolute Gasteiger partial charge is 0.319 e. The van der Waals surface area contributed by atoms with Gasteiger partial charge in [0.25, 0.3) is 0 Å². The number of ether oxygens (including phenoxy) is 3. The van der Waals surface area contributed by atoms with Crippen molar-refractivity contribution in [2.45, 2.75) is 25.7 Å². The normalized spacial score (nSPS) is 18.2. The summed E-state index contributed by atoms with van der Waals surface area (Å²) in [6, 6.07) is 6.15. The van der Waals surface area contributed by atoms with E-state index in [1.54, 1.807) is 13.3 Å². The first-order valence-electron chi connectivity index (χ1n) is 10.6. The lowest BCUT2D eigenvalue weighted by Crippen LogP contribution is -2.26. The Hall–Kier alpha value is -3.49. The van der Waals surface area contributed by atoms with Gasteiger partial charge in [0, 0.05) is 24.3 Å². The molecule has 1 aromatic carbocycles. The van der Waals surface area contributed by atoms with Crippen molar-refractivity contribution in [1.29, 1.82) is 0 Å². The third-order valence-corrected chi connectivity index (χ3v) is 5.93. The molecule has 2 aromatic heterocycles. The summed E-state index contributed by atoms with van der Waals surface area (Å²) in [5, 5.41) is 4.29. The first-order chi connectivity index (χ1) is 15.6. The quantitative estimate of drug-likeness (QED) is 0.556. The van der Waals surface area contributed by atoms with Crippen molar-refractivity contribution >= 4 is 22.8 Å². The maximum atomic E-state index is 11.7. The van der Waals surface area contributed by atoms with Crippen LogP contribution in [0.3, 0.4) is 0 Å². The van der Waals surface area contributed by atoms with Gasteiger partial charge in [0.2, 0.25) is 11.8 Å². The SMILES string of the molecule is COC(=O)C1CCC(CNc2ncc3ccc(-c4cnc(OC)nc4OC)cc3n2)CC1. The minimum Gasteiger partial charge on any atom is -0.480 e. The van der Waals surface area contributed by atoms with Crippen LogP contribution in [0.15, 0.2) is 30.6 Å². The van der Waals surface area contributed by atoms with E-state index in [1.165, 1.54) is 14.2 Å². The Kier molecular flexibility index (Phi) is 6.63. The van der Waals surface area contributed by atoms with Gasteiger partial charge in [-0.05, 0) is 43.2 Å². The van der Waals surface area contributed by atoms with E-state index in [2.05, 4.69) is 25.3 Å². The van der Waals surface area contributed by atoms with Gasteiger partial charge in [0.15, 0.2) is 0 Å². The highest BCUT2D eigenvalue weighted by molar-refractivity contribution is 5.85. The van der Waals surface area contributed by atoms with Crippen LogP contribution in [0.25, 0.3) is 22.0 Å². The van der Waals surface area contributed by atoms with Gasteiger partial charge in [-0.15, -0.1) is 0 Å². The number of carbonyl (C=O) groups is 1. The first kappa shape index (κ1) is 21.7. The molecule has 32 heavy (non-hydrogen) atoms. The van der Waals surface area contributed by atoms with Crippen LogP contribution in [0, 0.1) is 11.8 Å². The van der Waals surface area contributed by atoms with Gasteiger partial charge in [0.1, 0.15) is 0 Å². The molecular weight excluding hydrogens is 410 g/mol. The summed E-state index contributed by atoms with van der Waals surface area (Å²) in [6.07, 6.45) is 7.20. The van der Waals surface area contributed by atoms with E-state index in [0.717, 1.165) is 54.3 Å². The van der Waals surface area contributed by atoms with Crippen molar-refractivity contribution in [1.82, 2.24) is 19.9 Å². The Morgan fingerprint density at radius 3 is 2.56 bits per heavy atom. The number of nitrogens with zero attached hydrogens (tertiary/aromatic N) is 4. The number of methoxy groups -OCH3 is 3. The molecule has 0 amide bonds. The molecule has 0 unspecified atom stereocenters. The van der Waals surface area contributed by atoms with E-state index in [9.17, 15) is 4.79 Å². The Balaban J connectivity index is 1.47. The topological polar surface area (TPSA) is 108 Å². The summed E-state index contributed by atoms with van der Waals surface area (Å²) < 4.78 is 15.4. The van der Waals surface area contributed by atoms with Crippen LogP contribution >= 0.6 is 0 Å². The minimum atomic E-state index is -0.0935. The van der Waals surface area contributed by atoms with Crippen LogP contribution < -0.4 is 14.8 Å². The molecule has 9 heteroatoms. The lowest BCUT2D eigenvalue weighted by molar-refractivity contribution is -0.146. The van der Waals surface area contributed by atoms with Gasteiger partial charge >= 0.3 is 12.0 Å². The van der Waals surface area contributed by atoms with Gasteiger partial charge < -0.3 is 19.5 Å². The average Bonchev–Trinajstić information content (AvgIpc) is 2.86. The average molecular weight is 438 g/mol. The highest BCUT2D eigenvalue weighted by atomic mass is 16.5. The molecule has 0 radical (unpaired) electrons. The van der Waals surface area contributed by atoms with Crippen LogP contribution in [0.1, 0.15) is 25.7 Å². The van der Waals surface area contributed by atoms with Gasteiger partial charge in [-0.3, -0.25) is 4.79 Å². The fraction of sp³-hybridized carbons (Fsp3) is 0.435. The molecule has 0 aliphatic heterocycles. The van der Waals surface area contributed by atoms with Crippen LogP contribution in [0.2, 0.25) is 0 Å². The zero-order valence-electron chi connectivity index (χ0n) is 18.5. The molecule has 168 valence electrons. The first-order valence-corrected chi connectivity index (χ1v) is 10.6. The number of hydrogen-bond donors (Lipinski definition) is 1. The van der Waals surface area contributed by atoms with Crippen molar-refractivity contribution < 1.29 is 19.0 Å². The largest absolute Gasteiger partial charge is 0.480 e. The Morgan fingerprint density at radius 2 is 1.84 bits per heavy atom. The minimum absolute atomic E-state index is 0.0329. The summed E-state index contributed by atoms with van der Waals surface area (Å²) in [6.45, 7) is 0.777. The second kappa shape index (κ2) is 9.76. The van der Waals surface area contributed by atoms with E-state index in [1.807, 2.05) is 24.4 Å². The number of fused-ring (bicyclic) bond motifs is 1. The molecular formula is C23H27N5O4. The zero-order valence-corrected chi connectivity index (χ0v) is 18.5. The number of anilines is 1. The fourth-order valence-corrected chi connectivity index (χ4v) is 4.08. The highest BCUT2D eigenvalue weighted by Gasteiger charge is 2.26. The van der Waals surface area contributed by atoms with Crippen LogP contribution in [0.4, 0.5) is 5.95 Å². The number of nitrogens with one attached hydrogen (secondary N) is 1. The third kappa shape index (κ3) is 4.71. The summed E-state index contributed by atoms with van der Waals surface area (Å²) >= 11 is 0. The van der Waals surface area contributed by atoms with Crippen molar-refractivity contribution in [2.75, 3.05) is 33.2 Å². The van der Waals surface area contributed by atoms with Crippen molar-refractivity contribution in [3.63, 3.8) is 0 Å². The number of carbonyl (C=O) groups excluding carboxylic acids is 1. The zero-order chi connectivity index (χ0) is 22.5. The second-order valence-electron chi connectivity index (χ2n) is 7.87. The molecule has 0 atom stereocenters. The number of aromatic nitrogens is 4. The molecule has 9 nitrogen and oxygen atoms in total. The molecule has 0 bridgehead atoms. The molecule has 1 saturated carbocycles. The molecule has 0 spiro atoms.